The van der Waals surface area contributed by atoms with Crippen LogP contribution in [0.2, 0.25) is 4.34 Å². The van der Waals surface area contributed by atoms with Gasteiger partial charge in [-0.15, -0.1) is 11.3 Å². The molecule has 0 amide bonds. The molecule has 0 aliphatic carbocycles. The van der Waals surface area contributed by atoms with Crippen molar-refractivity contribution in [3.63, 3.8) is 0 Å². The summed E-state index contributed by atoms with van der Waals surface area (Å²) in [5, 5.41) is 0.947. The number of aromatic amines is 1. The third-order valence-electron chi connectivity index (χ3n) is 1.57. The normalized spacial score (nSPS) is 10.5. The lowest BCUT2D eigenvalue weighted by Gasteiger charge is -1.86. The number of rotatable bonds is 1. The standard InChI is InChI=1S/C8H7ClN2S/c1-5-7(9)12-8(11-5)6-3-2-4-10-6/h2-4,10H,1H3. The fourth-order valence-corrected chi connectivity index (χ4v) is 2.00. The van der Waals surface area contributed by atoms with Crippen molar-refractivity contribution in [2.24, 2.45) is 0 Å². The van der Waals surface area contributed by atoms with E-state index in [4.69, 9.17) is 11.6 Å². The molecule has 1 N–H and O–H groups in total. The van der Waals surface area contributed by atoms with Crippen LogP contribution < -0.4 is 0 Å². The van der Waals surface area contributed by atoms with E-state index in [0.717, 1.165) is 20.7 Å². The first-order valence-corrected chi connectivity index (χ1v) is 4.73. The van der Waals surface area contributed by atoms with Gasteiger partial charge >= 0.3 is 0 Å². The lowest BCUT2D eigenvalue weighted by molar-refractivity contribution is 1.25. The zero-order valence-electron chi connectivity index (χ0n) is 6.47. The van der Waals surface area contributed by atoms with Gasteiger partial charge in [0.25, 0.3) is 0 Å². The molecule has 0 spiro atoms. The van der Waals surface area contributed by atoms with Crippen LogP contribution in [0.4, 0.5) is 0 Å². The summed E-state index contributed by atoms with van der Waals surface area (Å²) in [5.41, 5.74) is 1.92. The second kappa shape index (κ2) is 2.92. The Balaban J connectivity index is 2.48. The van der Waals surface area contributed by atoms with E-state index in [2.05, 4.69) is 9.97 Å². The van der Waals surface area contributed by atoms with Gasteiger partial charge in [-0.1, -0.05) is 11.6 Å². The van der Waals surface area contributed by atoms with E-state index in [1.807, 2.05) is 25.3 Å². The van der Waals surface area contributed by atoms with Crippen LogP contribution in [0, 0.1) is 6.92 Å². The smallest absolute Gasteiger partial charge is 0.141 e. The Bertz CT molecular complexity index is 358. The fourth-order valence-electron chi connectivity index (χ4n) is 0.956. The molecule has 2 aromatic rings. The molecule has 2 rings (SSSR count). The maximum atomic E-state index is 5.89. The number of aromatic nitrogens is 2. The Kier molecular flexibility index (Phi) is 1.90. The molecular weight excluding hydrogens is 192 g/mol. The quantitative estimate of drug-likeness (QED) is 0.750. The average molecular weight is 199 g/mol. The SMILES string of the molecule is Cc1nc(-c2ccc[nH]2)sc1Cl. The fraction of sp³-hybridized carbons (Fsp3) is 0.125. The molecule has 0 unspecified atom stereocenters. The van der Waals surface area contributed by atoms with E-state index in [9.17, 15) is 0 Å². The van der Waals surface area contributed by atoms with E-state index in [-0.39, 0.29) is 0 Å². The molecule has 0 fully saturated rings. The van der Waals surface area contributed by atoms with E-state index in [1.54, 1.807) is 0 Å². The van der Waals surface area contributed by atoms with E-state index in [0.29, 0.717) is 0 Å². The van der Waals surface area contributed by atoms with Crippen molar-refractivity contribution >= 4 is 22.9 Å². The molecule has 4 heteroatoms. The molecular formula is C8H7ClN2S. The molecule has 0 saturated heterocycles. The number of hydrogen-bond donors (Lipinski definition) is 1. The van der Waals surface area contributed by atoms with Gasteiger partial charge in [-0.05, 0) is 19.1 Å². The maximum absolute atomic E-state index is 5.89. The molecule has 12 heavy (non-hydrogen) atoms. The molecule has 0 radical (unpaired) electrons. The number of hydrogen-bond acceptors (Lipinski definition) is 2. The van der Waals surface area contributed by atoms with Crippen LogP contribution in [0.1, 0.15) is 5.69 Å². The average Bonchev–Trinajstić information content (AvgIpc) is 2.61. The zero-order chi connectivity index (χ0) is 8.55. The number of thiazole rings is 1. The Hall–Kier alpha value is -0.800. The first kappa shape index (κ1) is 7.83. The van der Waals surface area contributed by atoms with Gasteiger partial charge in [0.15, 0.2) is 0 Å². The monoisotopic (exact) mass is 198 g/mol. The van der Waals surface area contributed by atoms with Crippen molar-refractivity contribution in [2.45, 2.75) is 6.92 Å². The minimum absolute atomic E-state index is 0.764. The van der Waals surface area contributed by atoms with Crippen molar-refractivity contribution in [3.05, 3.63) is 28.4 Å². The van der Waals surface area contributed by atoms with Crippen LogP contribution in [-0.2, 0) is 0 Å². The van der Waals surface area contributed by atoms with Gasteiger partial charge in [0, 0.05) is 6.20 Å². The summed E-state index contributed by atoms with van der Waals surface area (Å²) >= 11 is 7.38. The first-order chi connectivity index (χ1) is 5.77. The van der Waals surface area contributed by atoms with Crippen molar-refractivity contribution in [1.29, 1.82) is 0 Å². The summed E-state index contributed by atoms with van der Waals surface area (Å²) in [5.74, 6) is 0. The summed E-state index contributed by atoms with van der Waals surface area (Å²) in [4.78, 5) is 7.39. The van der Waals surface area contributed by atoms with Gasteiger partial charge in [0.05, 0.1) is 11.4 Å². The van der Waals surface area contributed by atoms with Crippen molar-refractivity contribution in [3.8, 4) is 10.7 Å². The number of aryl methyl sites for hydroxylation is 1. The molecule has 2 heterocycles. The number of nitrogens with one attached hydrogen (secondary N) is 1. The molecule has 2 aromatic heterocycles. The molecule has 0 aromatic carbocycles. The highest BCUT2D eigenvalue weighted by molar-refractivity contribution is 7.19. The Morgan fingerprint density at radius 2 is 2.42 bits per heavy atom. The molecule has 0 bridgehead atoms. The van der Waals surface area contributed by atoms with Crippen LogP contribution in [0.15, 0.2) is 18.3 Å². The van der Waals surface area contributed by atoms with Gasteiger partial charge in [-0.2, -0.15) is 0 Å². The summed E-state index contributed by atoms with van der Waals surface area (Å²) in [6.45, 7) is 1.91. The maximum Gasteiger partial charge on any atom is 0.141 e. The van der Waals surface area contributed by atoms with Gasteiger partial charge in [0.1, 0.15) is 9.34 Å². The van der Waals surface area contributed by atoms with Crippen molar-refractivity contribution in [1.82, 2.24) is 9.97 Å². The predicted octanol–water partition coefficient (Wildman–Crippen LogP) is 3.10. The highest BCUT2D eigenvalue weighted by Gasteiger charge is 2.06. The van der Waals surface area contributed by atoms with Crippen LogP contribution in [0.5, 0.6) is 0 Å². The summed E-state index contributed by atoms with van der Waals surface area (Å²) in [6, 6.07) is 3.93. The van der Waals surface area contributed by atoms with Crippen LogP contribution >= 0.6 is 22.9 Å². The highest BCUT2D eigenvalue weighted by atomic mass is 35.5. The van der Waals surface area contributed by atoms with Gasteiger partial charge in [-0.25, -0.2) is 4.98 Å². The van der Waals surface area contributed by atoms with Gasteiger partial charge < -0.3 is 4.98 Å². The summed E-state index contributed by atoms with van der Waals surface area (Å²) in [7, 11) is 0. The molecule has 0 aliphatic heterocycles. The number of halogens is 1. The van der Waals surface area contributed by atoms with Crippen molar-refractivity contribution in [2.75, 3.05) is 0 Å². The second-order valence-electron chi connectivity index (χ2n) is 2.46. The highest BCUT2D eigenvalue weighted by Crippen LogP contribution is 2.29. The summed E-state index contributed by atoms with van der Waals surface area (Å²) in [6.07, 6.45) is 1.87. The third-order valence-corrected chi connectivity index (χ3v) is 3.05. The minimum atomic E-state index is 0.764. The second-order valence-corrected chi connectivity index (χ2v) is 4.06. The van der Waals surface area contributed by atoms with Crippen molar-refractivity contribution < 1.29 is 0 Å². The zero-order valence-corrected chi connectivity index (χ0v) is 8.04. The molecule has 2 nitrogen and oxygen atoms in total. The van der Waals surface area contributed by atoms with Crippen LogP contribution in [0.3, 0.4) is 0 Å². The third kappa shape index (κ3) is 1.26. The lowest BCUT2D eigenvalue weighted by atomic mass is 10.4. The van der Waals surface area contributed by atoms with E-state index in [1.165, 1.54) is 11.3 Å². The van der Waals surface area contributed by atoms with E-state index >= 15 is 0 Å². The first-order valence-electron chi connectivity index (χ1n) is 3.54. The molecule has 62 valence electrons. The molecule has 0 atom stereocenters. The van der Waals surface area contributed by atoms with Gasteiger partial charge in [-0.3, -0.25) is 0 Å². The minimum Gasteiger partial charge on any atom is -0.359 e. The van der Waals surface area contributed by atoms with Crippen LogP contribution in [-0.4, -0.2) is 9.97 Å². The molecule has 0 saturated carbocycles. The molecule has 0 aliphatic rings. The largest absolute Gasteiger partial charge is 0.359 e. The number of H-pyrrole nitrogens is 1. The predicted molar refractivity (Wildman–Crippen MR) is 51.6 cm³/mol. The lowest BCUT2D eigenvalue weighted by Crippen LogP contribution is -1.74. The topological polar surface area (TPSA) is 28.7 Å². The van der Waals surface area contributed by atoms with Crippen LogP contribution in [0.25, 0.3) is 10.7 Å². The number of nitrogens with zero attached hydrogens (tertiary/aromatic N) is 1. The van der Waals surface area contributed by atoms with Gasteiger partial charge in [0.2, 0.25) is 0 Å². The Labute approximate surface area is 79.2 Å². The Morgan fingerprint density at radius 3 is 2.92 bits per heavy atom. The summed E-state index contributed by atoms with van der Waals surface area (Å²) < 4.78 is 0.764. The van der Waals surface area contributed by atoms with E-state index < -0.39 is 0 Å². The Morgan fingerprint density at radius 1 is 1.58 bits per heavy atom.